The average Bonchev–Trinajstić information content (AvgIpc) is 2.96. The number of benzene rings is 1. The molecular weight excluding hydrogens is 278 g/mol. The van der Waals surface area contributed by atoms with E-state index in [1.807, 2.05) is 18.2 Å². The standard InChI is InChI=1S/C16H14N5O/c1-11-13(14(17)21-15(20-11)18-10-19-21)8-9-16(2,22)12-6-4-3-5-7-12/h3-7,10H,17H2,1-2H3. The van der Waals surface area contributed by atoms with Gasteiger partial charge in [0.2, 0.25) is 0 Å². The maximum Gasteiger partial charge on any atom is 0.254 e. The van der Waals surface area contributed by atoms with Crippen LogP contribution < -0.4 is 5.73 Å². The molecule has 0 saturated heterocycles. The number of nitrogens with two attached hydrogens (primary N) is 1. The summed E-state index contributed by atoms with van der Waals surface area (Å²) < 4.78 is 1.40. The highest BCUT2D eigenvalue weighted by Gasteiger charge is 2.22. The molecule has 3 aromatic rings. The number of hydrogen-bond acceptors (Lipinski definition) is 4. The predicted octanol–water partition coefficient (Wildman–Crippen LogP) is 1.71. The molecule has 1 aromatic carbocycles. The first kappa shape index (κ1) is 14.0. The fourth-order valence-corrected chi connectivity index (χ4v) is 2.14. The van der Waals surface area contributed by atoms with Gasteiger partial charge in [-0.25, -0.2) is 10.1 Å². The van der Waals surface area contributed by atoms with Crippen molar-refractivity contribution in [3.8, 4) is 11.8 Å². The van der Waals surface area contributed by atoms with Crippen LogP contribution in [0.2, 0.25) is 0 Å². The number of aryl methyl sites for hydroxylation is 1. The second kappa shape index (κ2) is 5.13. The van der Waals surface area contributed by atoms with Crippen molar-refractivity contribution in [3.05, 3.63) is 53.5 Å². The minimum Gasteiger partial charge on any atom is -0.382 e. The molecule has 1 radical (unpaired) electrons. The van der Waals surface area contributed by atoms with Gasteiger partial charge in [-0.15, -0.1) is 0 Å². The number of nitrogen functional groups attached to an aromatic ring is 1. The number of hydrogen-bond donors (Lipinski definition) is 1. The van der Waals surface area contributed by atoms with Crippen molar-refractivity contribution >= 4 is 11.6 Å². The van der Waals surface area contributed by atoms with Gasteiger partial charge >= 0.3 is 0 Å². The fourth-order valence-electron chi connectivity index (χ4n) is 2.14. The summed E-state index contributed by atoms with van der Waals surface area (Å²) in [5.41, 5.74) is 6.24. The Hall–Kier alpha value is -2.91. The summed E-state index contributed by atoms with van der Waals surface area (Å²) in [6, 6.07) is 9.01. The first-order valence-corrected chi connectivity index (χ1v) is 6.74. The van der Waals surface area contributed by atoms with Gasteiger partial charge in [0.1, 0.15) is 12.1 Å². The highest BCUT2D eigenvalue weighted by atomic mass is 16.3. The molecule has 2 N–H and O–H groups in total. The number of aromatic nitrogens is 4. The molecule has 0 saturated carbocycles. The van der Waals surface area contributed by atoms with E-state index in [1.165, 1.54) is 17.8 Å². The van der Waals surface area contributed by atoms with Crippen LogP contribution in [0.3, 0.4) is 0 Å². The second-order valence-corrected chi connectivity index (χ2v) is 5.08. The van der Waals surface area contributed by atoms with Crippen molar-refractivity contribution in [3.63, 3.8) is 0 Å². The molecule has 6 heteroatoms. The van der Waals surface area contributed by atoms with E-state index < -0.39 is 5.60 Å². The summed E-state index contributed by atoms with van der Waals surface area (Å²) in [5.74, 6) is 6.35. The van der Waals surface area contributed by atoms with Crippen LogP contribution >= 0.6 is 0 Å². The van der Waals surface area contributed by atoms with Crippen LogP contribution in [0.25, 0.3) is 5.78 Å². The second-order valence-electron chi connectivity index (χ2n) is 5.08. The molecule has 0 spiro atoms. The van der Waals surface area contributed by atoms with E-state index in [4.69, 9.17) is 5.73 Å². The molecule has 2 heterocycles. The van der Waals surface area contributed by atoms with Crippen LogP contribution in [0.1, 0.15) is 23.7 Å². The Kier molecular flexibility index (Phi) is 3.28. The average molecular weight is 292 g/mol. The summed E-state index contributed by atoms with van der Waals surface area (Å²) >= 11 is 0. The molecule has 0 bridgehead atoms. The quantitative estimate of drug-likeness (QED) is 0.691. The summed E-state index contributed by atoms with van der Waals surface area (Å²) in [6.07, 6.45) is 1.37. The summed E-state index contributed by atoms with van der Waals surface area (Å²) in [4.78, 5) is 8.26. The Morgan fingerprint density at radius 1 is 1.27 bits per heavy atom. The first-order chi connectivity index (χ1) is 10.5. The molecule has 2 aromatic heterocycles. The van der Waals surface area contributed by atoms with Crippen molar-refractivity contribution in [1.29, 1.82) is 0 Å². The topological polar surface area (TPSA) is 89.0 Å². The Morgan fingerprint density at radius 2 is 2.00 bits per heavy atom. The normalized spacial score (nSPS) is 13.4. The number of rotatable bonds is 1. The van der Waals surface area contributed by atoms with Crippen LogP contribution in [-0.4, -0.2) is 19.6 Å². The molecule has 1 atom stereocenters. The zero-order valence-corrected chi connectivity index (χ0v) is 12.2. The Bertz CT molecular complexity index is 887. The van der Waals surface area contributed by atoms with Crippen molar-refractivity contribution < 1.29 is 5.11 Å². The van der Waals surface area contributed by atoms with E-state index in [0.717, 1.165) is 0 Å². The maximum absolute atomic E-state index is 12.6. The third-order valence-corrected chi connectivity index (χ3v) is 3.39. The highest BCUT2D eigenvalue weighted by Crippen LogP contribution is 2.21. The molecule has 0 aliphatic heterocycles. The van der Waals surface area contributed by atoms with Gasteiger partial charge in [0.15, 0.2) is 5.60 Å². The number of fused-ring (bicyclic) bond motifs is 1. The Balaban J connectivity index is 2.08. The van der Waals surface area contributed by atoms with Crippen LogP contribution in [0.4, 0.5) is 5.82 Å². The lowest BCUT2D eigenvalue weighted by Gasteiger charge is -2.13. The molecule has 0 aliphatic rings. The molecular formula is C16H14N5O. The van der Waals surface area contributed by atoms with Crippen LogP contribution in [-0.2, 0) is 10.7 Å². The van der Waals surface area contributed by atoms with Gasteiger partial charge in [-0.05, 0) is 19.4 Å². The highest BCUT2D eigenvalue weighted by molar-refractivity contribution is 5.58. The molecule has 1 unspecified atom stereocenters. The summed E-state index contributed by atoms with van der Waals surface area (Å²) in [7, 11) is 0. The molecule has 0 amide bonds. The molecule has 22 heavy (non-hydrogen) atoms. The zero-order valence-electron chi connectivity index (χ0n) is 12.2. The smallest absolute Gasteiger partial charge is 0.254 e. The molecule has 0 aliphatic carbocycles. The van der Waals surface area contributed by atoms with E-state index in [-0.39, 0.29) is 0 Å². The van der Waals surface area contributed by atoms with Crippen LogP contribution in [0.5, 0.6) is 0 Å². The van der Waals surface area contributed by atoms with Crippen LogP contribution in [0, 0.1) is 18.8 Å². The van der Waals surface area contributed by atoms with Gasteiger partial charge in [0.25, 0.3) is 5.78 Å². The molecule has 0 fully saturated rings. The third kappa shape index (κ3) is 2.38. The van der Waals surface area contributed by atoms with E-state index >= 15 is 0 Å². The monoisotopic (exact) mass is 292 g/mol. The fraction of sp³-hybridized carbons (Fsp3) is 0.188. The zero-order chi connectivity index (χ0) is 15.7. The minimum atomic E-state index is -1.53. The van der Waals surface area contributed by atoms with Gasteiger partial charge in [-0.1, -0.05) is 42.2 Å². The van der Waals surface area contributed by atoms with E-state index in [2.05, 4.69) is 26.9 Å². The van der Waals surface area contributed by atoms with E-state index in [9.17, 15) is 5.11 Å². The van der Waals surface area contributed by atoms with Crippen LogP contribution in [0.15, 0.2) is 36.7 Å². The van der Waals surface area contributed by atoms with Gasteiger partial charge < -0.3 is 5.73 Å². The van der Waals surface area contributed by atoms with E-state index in [0.29, 0.717) is 28.4 Å². The Morgan fingerprint density at radius 3 is 2.73 bits per heavy atom. The maximum atomic E-state index is 12.6. The number of nitrogens with zero attached hydrogens (tertiary/aromatic N) is 4. The van der Waals surface area contributed by atoms with Gasteiger partial charge in [-0.3, -0.25) is 0 Å². The van der Waals surface area contributed by atoms with E-state index in [1.54, 1.807) is 19.1 Å². The summed E-state index contributed by atoms with van der Waals surface area (Å²) in [6.45, 7) is 3.31. The van der Waals surface area contributed by atoms with Crippen molar-refractivity contribution in [2.75, 3.05) is 5.73 Å². The summed E-state index contributed by atoms with van der Waals surface area (Å²) in [5, 5.41) is 16.6. The Labute approximate surface area is 127 Å². The lowest BCUT2D eigenvalue weighted by molar-refractivity contribution is 0.0375. The minimum absolute atomic E-state index is 0.330. The van der Waals surface area contributed by atoms with Crippen molar-refractivity contribution in [2.45, 2.75) is 19.4 Å². The number of anilines is 1. The predicted molar refractivity (Wildman–Crippen MR) is 81.3 cm³/mol. The first-order valence-electron chi connectivity index (χ1n) is 6.74. The van der Waals surface area contributed by atoms with Crippen molar-refractivity contribution in [2.24, 2.45) is 0 Å². The molecule has 109 valence electrons. The lowest BCUT2D eigenvalue weighted by atomic mass is 9.96. The van der Waals surface area contributed by atoms with Gasteiger partial charge in [0, 0.05) is 0 Å². The molecule has 3 rings (SSSR count). The van der Waals surface area contributed by atoms with Gasteiger partial charge in [0.05, 0.1) is 11.3 Å². The molecule has 6 nitrogen and oxygen atoms in total. The van der Waals surface area contributed by atoms with Crippen molar-refractivity contribution in [1.82, 2.24) is 19.6 Å². The SMILES string of the molecule is Cc1nc2ncnn2c(N)c1C#CC(C)([O])c1ccccc1. The largest absolute Gasteiger partial charge is 0.382 e. The third-order valence-electron chi connectivity index (χ3n) is 3.39. The van der Waals surface area contributed by atoms with Gasteiger partial charge in [-0.2, -0.15) is 14.6 Å². The lowest BCUT2D eigenvalue weighted by Crippen LogP contribution is -2.16.